The molecule has 0 saturated carbocycles. The third-order valence-corrected chi connectivity index (χ3v) is 9.92. The third kappa shape index (κ3) is 4.29. The molecule has 5 aromatic carbocycles. The molecule has 48 heavy (non-hydrogen) atoms. The minimum Gasteiger partial charge on any atom is -0.457 e. The van der Waals surface area contributed by atoms with Crippen LogP contribution in [0.15, 0.2) is 121 Å². The van der Waals surface area contributed by atoms with E-state index in [1.165, 1.54) is 49.5 Å². The highest BCUT2D eigenvalue weighted by atomic mass is 16.5. The van der Waals surface area contributed by atoms with E-state index in [1.807, 2.05) is 12.3 Å². The Morgan fingerprint density at radius 3 is 2.23 bits per heavy atom. The molecular formula is C42H37N5O. The Labute approximate surface area is 280 Å². The van der Waals surface area contributed by atoms with Crippen molar-refractivity contribution in [3.63, 3.8) is 0 Å². The number of hydrogen-bond acceptors (Lipinski definition) is 4. The second-order valence-corrected chi connectivity index (χ2v) is 14.0. The molecule has 3 aromatic heterocycles. The van der Waals surface area contributed by atoms with Crippen LogP contribution in [0.5, 0.6) is 11.5 Å². The van der Waals surface area contributed by atoms with Gasteiger partial charge in [-0.1, -0.05) is 63.2 Å². The van der Waals surface area contributed by atoms with Crippen LogP contribution in [0.2, 0.25) is 0 Å². The molecule has 0 N–H and O–H groups in total. The van der Waals surface area contributed by atoms with Crippen molar-refractivity contribution in [3.8, 4) is 17.3 Å². The molecule has 6 heteroatoms. The van der Waals surface area contributed by atoms with Gasteiger partial charge in [-0.25, -0.2) is 4.98 Å². The predicted octanol–water partition coefficient (Wildman–Crippen LogP) is 10.5. The predicted molar refractivity (Wildman–Crippen MR) is 200 cm³/mol. The summed E-state index contributed by atoms with van der Waals surface area (Å²) < 4.78 is 11.2. The van der Waals surface area contributed by atoms with Gasteiger partial charge in [0.1, 0.15) is 17.3 Å². The van der Waals surface area contributed by atoms with Gasteiger partial charge in [-0.2, -0.15) is 0 Å². The molecule has 0 saturated heterocycles. The number of pyridine rings is 1. The molecule has 1 aliphatic heterocycles. The Kier molecular flexibility index (Phi) is 6.15. The maximum atomic E-state index is 6.65. The van der Waals surface area contributed by atoms with E-state index in [9.17, 15) is 0 Å². The lowest BCUT2D eigenvalue weighted by molar-refractivity contribution is 0.483. The van der Waals surface area contributed by atoms with Gasteiger partial charge in [-0.05, 0) is 71.6 Å². The van der Waals surface area contributed by atoms with E-state index in [2.05, 4.69) is 163 Å². The summed E-state index contributed by atoms with van der Waals surface area (Å²) in [5, 5.41) is 4.92. The molecule has 0 unspecified atom stereocenters. The number of aromatic nitrogens is 3. The number of fused-ring (bicyclic) bond motifs is 8. The number of hydrogen-bond donors (Lipinski definition) is 0. The lowest BCUT2D eigenvalue weighted by Crippen LogP contribution is -2.23. The van der Waals surface area contributed by atoms with Gasteiger partial charge in [-0.15, -0.1) is 0 Å². The fraction of sp³-hybridized carbons (Fsp3) is 0.167. The molecule has 4 heterocycles. The van der Waals surface area contributed by atoms with E-state index in [0.29, 0.717) is 0 Å². The molecule has 0 fully saturated rings. The zero-order valence-electron chi connectivity index (χ0n) is 27.9. The van der Waals surface area contributed by atoms with E-state index >= 15 is 0 Å². The van der Waals surface area contributed by atoms with Crippen molar-refractivity contribution in [2.75, 3.05) is 23.5 Å². The van der Waals surface area contributed by atoms with E-state index in [1.54, 1.807) is 0 Å². The molecule has 8 aromatic rings. The van der Waals surface area contributed by atoms with E-state index in [4.69, 9.17) is 9.72 Å². The summed E-state index contributed by atoms with van der Waals surface area (Å²) in [6.07, 6.45) is 1.92. The maximum absolute atomic E-state index is 6.65. The van der Waals surface area contributed by atoms with Gasteiger partial charge in [0.2, 0.25) is 0 Å². The lowest BCUT2D eigenvalue weighted by atomic mass is 9.88. The summed E-state index contributed by atoms with van der Waals surface area (Å²) in [5.74, 6) is 2.49. The van der Waals surface area contributed by atoms with Crippen LogP contribution < -0.4 is 14.5 Å². The summed E-state index contributed by atoms with van der Waals surface area (Å²) in [7, 11) is 4.32. The second kappa shape index (κ2) is 10.4. The fourth-order valence-electron chi connectivity index (χ4n) is 7.49. The highest BCUT2D eigenvalue weighted by molar-refractivity contribution is 6.18. The van der Waals surface area contributed by atoms with Crippen LogP contribution in [0, 0.1) is 0 Å². The first kappa shape index (κ1) is 28.5. The van der Waals surface area contributed by atoms with Crippen LogP contribution in [0.4, 0.5) is 17.1 Å². The molecule has 236 valence electrons. The zero-order chi connectivity index (χ0) is 32.7. The van der Waals surface area contributed by atoms with Gasteiger partial charge in [0.25, 0.3) is 0 Å². The molecule has 6 nitrogen and oxygen atoms in total. The summed E-state index contributed by atoms with van der Waals surface area (Å²) in [6.45, 7) is 7.47. The number of para-hydroxylation sites is 2. The number of ether oxygens (including phenoxy) is 1. The van der Waals surface area contributed by atoms with E-state index in [0.717, 1.165) is 40.7 Å². The lowest BCUT2D eigenvalue weighted by Gasteiger charge is -2.21. The Bertz CT molecular complexity index is 2550. The zero-order valence-corrected chi connectivity index (χ0v) is 27.9. The standard InChI is InChI=1S/C42H37N5O/c1-42(2,3)27-21-22-43-39(23-27)47-35-16-9-6-13-31(35)32-18-17-30(25-38(32)47)48-29-12-10-11-28(24-29)46-26-44(4)37-20-19-36-40(41(37)46)33-14-7-8-15-34(33)45(36)5/h6-25H,26H2,1-5H3. The monoisotopic (exact) mass is 627 g/mol. The maximum Gasteiger partial charge on any atom is 0.137 e. The number of nitrogens with zero attached hydrogens (tertiary/aromatic N) is 5. The Morgan fingerprint density at radius 1 is 0.646 bits per heavy atom. The highest BCUT2D eigenvalue weighted by Gasteiger charge is 2.29. The number of aryl methyl sites for hydroxylation is 1. The minimum absolute atomic E-state index is 0.0137. The van der Waals surface area contributed by atoms with Crippen LogP contribution in [-0.2, 0) is 12.5 Å². The molecule has 0 spiro atoms. The van der Waals surface area contributed by atoms with E-state index < -0.39 is 0 Å². The SMILES string of the molecule is CN1CN(c2cccc(Oc3ccc4c5ccccc5n(-c5cc(C(C)(C)C)ccn5)c4c3)c2)c2c1ccc1c2c2ccccc2n1C. The minimum atomic E-state index is 0.0137. The average molecular weight is 628 g/mol. The molecule has 9 rings (SSSR count). The Balaban J connectivity index is 1.13. The van der Waals surface area contributed by atoms with Crippen molar-refractivity contribution in [1.82, 2.24) is 14.1 Å². The van der Waals surface area contributed by atoms with Crippen molar-refractivity contribution in [2.45, 2.75) is 26.2 Å². The summed E-state index contributed by atoms with van der Waals surface area (Å²) in [5.41, 5.74) is 9.48. The molecule has 0 bridgehead atoms. The smallest absolute Gasteiger partial charge is 0.137 e. The van der Waals surface area contributed by atoms with E-state index in [-0.39, 0.29) is 5.41 Å². The van der Waals surface area contributed by atoms with Crippen LogP contribution >= 0.6 is 0 Å². The summed E-state index contributed by atoms with van der Waals surface area (Å²) in [6, 6.07) is 40.9. The molecule has 0 atom stereocenters. The van der Waals surface area contributed by atoms with Gasteiger partial charge in [0, 0.05) is 65.2 Å². The van der Waals surface area contributed by atoms with Crippen LogP contribution in [0.3, 0.4) is 0 Å². The van der Waals surface area contributed by atoms with Gasteiger partial charge in [0.05, 0.1) is 34.6 Å². The van der Waals surface area contributed by atoms with Crippen molar-refractivity contribution in [2.24, 2.45) is 7.05 Å². The van der Waals surface area contributed by atoms with Gasteiger partial charge >= 0.3 is 0 Å². The number of anilines is 3. The first-order valence-corrected chi connectivity index (χ1v) is 16.5. The second-order valence-electron chi connectivity index (χ2n) is 14.0. The van der Waals surface area contributed by atoms with Crippen LogP contribution in [0.25, 0.3) is 49.4 Å². The molecule has 0 aliphatic carbocycles. The van der Waals surface area contributed by atoms with Crippen molar-refractivity contribution in [3.05, 3.63) is 127 Å². The Morgan fingerprint density at radius 2 is 1.40 bits per heavy atom. The quantitative estimate of drug-likeness (QED) is 0.195. The number of benzene rings is 5. The first-order chi connectivity index (χ1) is 23.3. The van der Waals surface area contributed by atoms with Gasteiger partial charge in [0.15, 0.2) is 0 Å². The molecule has 0 amide bonds. The summed E-state index contributed by atoms with van der Waals surface area (Å²) >= 11 is 0. The van der Waals surface area contributed by atoms with Gasteiger partial charge < -0.3 is 19.1 Å². The summed E-state index contributed by atoms with van der Waals surface area (Å²) in [4.78, 5) is 9.57. The van der Waals surface area contributed by atoms with Gasteiger partial charge in [-0.3, -0.25) is 4.57 Å². The topological polar surface area (TPSA) is 38.5 Å². The number of rotatable bonds is 4. The Hall–Kier alpha value is -5.75. The third-order valence-electron chi connectivity index (χ3n) is 9.92. The van der Waals surface area contributed by atoms with Crippen LogP contribution in [0.1, 0.15) is 26.3 Å². The molecule has 1 aliphatic rings. The highest BCUT2D eigenvalue weighted by Crippen LogP contribution is 2.48. The first-order valence-electron chi connectivity index (χ1n) is 16.5. The van der Waals surface area contributed by atoms with Crippen molar-refractivity contribution < 1.29 is 4.74 Å². The molecular weight excluding hydrogens is 590 g/mol. The van der Waals surface area contributed by atoms with Crippen molar-refractivity contribution >= 4 is 60.7 Å². The van der Waals surface area contributed by atoms with Crippen molar-refractivity contribution in [1.29, 1.82) is 0 Å². The normalized spacial score (nSPS) is 13.4. The molecule has 0 radical (unpaired) electrons. The largest absolute Gasteiger partial charge is 0.457 e. The van der Waals surface area contributed by atoms with Crippen LogP contribution in [-0.4, -0.2) is 27.8 Å². The fourth-order valence-corrected chi connectivity index (χ4v) is 7.49. The average Bonchev–Trinajstić information content (AvgIpc) is 3.71.